The van der Waals surface area contributed by atoms with Crippen molar-refractivity contribution in [3.63, 3.8) is 0 Å². The van der Waals surface area contributed by atoms with Crippen LogP contribution in [0.5, 0.6) is 5.75 Å². The molecule has 1 aromatic carbocycles. The minimum absolute atomic E-state index is 0.0249. The number of hydrogen-bond acceptors (Lipinski definition) is 6. The number of aromatic nitrogens is 2. The molecule has 156 valence electrons. The molecule has 11 heteroatoms. The van der Waals surface area contributed by atoms with Crippen LogP contribution in [0.4, 0.5) is 35.0 Å². The van der Waals surface area contributed by atoms with Gasteiger partial charge in [0.15, 0.2) is 11.6 Å². The molecule has 0 aliphatic carbocycles. The van der Waals surface area contributed by atoms with Crippen molar-refractivity contribution < 1.29 is 27.1 Å². The van der Waals surface area contributed by atoms with Crippen LogP contribution in [-0.4, -0.2) is 55.1 Å². The summed E-state index contributed by atoms with van der Waals surface area (Å²) < 4.78 is 59.7. The smallest absolute Gasteiger partial charge is 0.421 e. The number of rotatable bonds is 1. The van der Waals surface area contributed by atoms with Gasteiger partial charge in [-0.25, -0.2) is 9.37 Å². The summed E-state index contributed by atoms with van der Waals surface area (Å²) in [5.41, 5.74) is -0.901. The third-order valence-corrected chi connectivity index (χ3v) is 4.51. The van der Waals surface area contributed by atoms with Gasteiger partial charge >= 0.3 is 6.18 Å². The normalized spacial score (nSPS) is 15.2. The zero-order chi connectivity index (χ0) is 21.3. The van der Waals surface area contributed by atoms with Gasteiger partial charge in [0.1, 0.15) is 11.4 Å². The maximum atomic E-state index is 14.5. The fourth-order valence-corrected chi connectivity index (χ4v) is 3.03. The highest BCUT2D eigenvalue weighted by atomic mass is 19.4. The first-order valence-corrected chi connectivity index (χ1v) is 8.67. The summed E-state index contributed by atoms with van der Waals surface area (Å²) in [5.74, 6) is -1.94. The van der Waals surface area contributed by atoms with E-state index in [1.807, 2.05) is 0 Å². The van der Waals surface area contributed by atoms with E-state index in [9.17, 15) is 22.4 Å². The van der Waals surface area contributed by atoms with Crippen LogP contribution in [0.2, 0.25) is 0 Å². The molecule has 7 nitrogen and oxygen atoms in total. The van der Waals surface area contributed by atoms with Gasteiger partial charge in [-0.2, -0.15) is 18.2 Å². The molecule has 0 unspecified atom stereocenters. The standard InChI is InChI=1S/C18H19F4N5O2/c1-26-5-4-6-27(2)16(28)10-7-12(19)14(29-3)13(8-10)24-17-23-9-11(15(26)25-17)18(20,21)22/h7-9H,4-6H2,1-3H3,(H,23,24,25). The Hall–Kier alpha value is -3.11. The van der Waals surface area contributed by atoms with Crippen LogP contribution in [0.1, 0.15) is 22.3 Å². The second kappa shape index (κ2) is 7.72. The summed E-state index contributed by atoms with van der Waals surface area (Å²) in [6, 6.07) is 2.40. The Kier molecular flexibility index (Phi) is 5.49. The van der Waals surface area contributed by atoms with Gasteiger partial charge in [-0.05, 0) is 18.6 Å². The Morgan fingerprint density at radius 3 is 2.52 bits per heavy atom. The molecule has 3 rings (SSSR count). The lowest BCUT2D eigenvalue weighted by Crippen LogP contribution is -2.31. The van der Waals surface area contributed by atoms with E-state index in [1.54, 1.807) is 0 Å². The Morgan fingerprint density at radius 1 is 1.17 bits per heavy atom. The summed E-state index contributed by atoms with van der Waals surface area (Å²) in [4.78, 5) is 23.0. The first kappa shape index (κ1) is 20.6. The number of carbonyl (C=O) groups is 1. The number of anilines is 3. The highest BCUT2D eigenvalue weighted by molar-refractivity contribution is 5.95. The van der Waals surface area contributed by atoms with Crippen molar-refractivity contribution in [2.75, 3.05) is 44.5 Å². The second-order valence-corrected chi connectivity index (χ2v) is 6.59. The molecule has 4 bridgehead atoms. The lowest BCUT2D eigenvalue weighted by Gasteiger charge is -2.23. The summed E-state index contributed by atoms with van der Waals surface area (Å²) >= 11 is 0. The summed E-state index contributed by atoms with van der Waals surface area (Å²) in [5, 5.41) is 2.66. The number of amides is 1. The molecule has 0 atom stereocenters. The fraction of sp³-hybridized carbons (Fsp3) is 0.389. The Morgan fingerprint density at radius 2 is 1.86 bits per heavy atom. The zero-order valence-corrected chi connectivity index (χ0v) is 16.0. The van der Waals surface area contributed by atoms with E-state index in [-0.39, 0.29) is 41.9 Å². The number of nitrogens with zero attached hydrogens (tertiary/aromatic N) is 4. The third kappa shape index (κ3) is 4.17. The van der Waals surface area contributed by atoms with E-state index < -0.39 is 23.5 Å². The number of halogens is 4. The largest absolute Gasteiger partial charge is 0.492 e. The highest BCUT2D eigenvalue weighted by Gasteiger charge is 2.36. The first-order valence-electron chi connectivity index (χ1n) is 8.67. The zero-order valence-electron chi connectivity index (χ0n) is 16.0. The predicted molar refractivity (Wildman–Crippen MR) is 98.1 cm³/mol. The van der Waals surface area contributed by atoms with Crippen LogP contribution >= 0.6 is 0 Å². The number of alkyl halides is 3. The molecule has 1 aliphatic heterocycles. The lowest BCUT2D eigenvalue weighted by molar-refractivity contribution is -0.137. The van der Waals surface area contributed by atoms with Crippen LogP contribution in [0.15, 0.2) is 18.3 Å². The van der Waals surface area contributed by atoms with Gasteiger partial charge in [0, 0.05) is 38.9 Å². The molecule has 2 heterocycles. The molecule has 29 heavy (non-hydrogen) atoms. The molecule has 1 amide bonds. The van der Waals surface area contributed by atoms with Crippen LogP contribution in [-0.2, 0) is 6.18 Å². The van der Waals surface area contributed by atoms with Crippen LogP contribution < -0.4 is 15.0 Å². The van der Waals surface area contributed by atoms with E-state index in [2.05, 4.69) is 15.3 Å². The first-order chi connectivity index (χ1) is 13.6. The maximum Gasteiger partial charge on any atom is 0.421 e. The molecular formula is C18H19F4N5O2. The van der Waals surface area contributed by atoms with Gasteiger partial charge in [-0.1, -0.05) is 0 Å². The number of methoxy groups -OCH3 is 1. The van der Waals surface area contributed by atoms with Gasteiger partial charge in [0.25, 0.3) is 5.91 Å². The third-order valence-electron chi connectivity index (χ3n) is 4.51. The van der Waals surface area contributed by atoms with E-state index in [0.29, 0.717) is 12.6 Å². The molecule has 0 spiro atoms. The lowest BCUT2D eigenvalue weighted by atomic mass is 10.1. The monoisotopic (exact) mass is 413 g/mol. The number of benzene rings is 1. The van der Waals surface area contributed by atoms with Crippen molar-refractivity contribution in [3.8, 4) is 5.75 Å². The van der Waals surface area contributed by atoms with Gasteiger partial charge in [-0.3, -0.25) is 4.79 Å². The predicted octanol–water partition coefficient (Wildman–Crippen LogP) is 3.30. The summed E-state index contributed by atoms with van der Waals surface area (Å²) in [6.07, 6.45) is -3.59. The SMILES string of the molecule is COc1c(F)cc2cc1Nc1ncc(C(F)(F)F)c(n1)N(C)CCCN(C)C2=O. The fourth-order valence-electron chi connectivity index (χ4n) is 3.03. The quantitative estimate of drug-likeness (QED) is 0.724. The van der Waals surface area contributed by atoms with Gasteiger partial charge in [0.05, 0.1) is 12.8 Å². The Bertz CT molecular complexity index is 935. The number of hydrogen-bond donors (Lipinski definition) is 1. The van der Waals surface area contributed by atoms with E-state index in [1.165, 1.54) is 37.1 Å². The number of fused-ring (bicyclic) bond motifs is 4. The molecule has 1 aromatic heterocycles. The topological polar surface area (TPSA) is 70.6 Å². The highest BCUT2D eigenvalue weighted by Crippen LogP contribution is 2.37. The van der Waals surface area contributed by atoms with Crippen molar-refractivity contribution in [3.05, 3.63) is 35.3 Å². The van der Waals surface area contributed by atoms with Crippen LogP contribution in [0.3, 0.4) is 0 Å². The molecular weight excluding hydrogens is 394 g/mol. The minimum atomic E-state index is -4.65. The maximum absolute atomic E-state index is 14.5. The average Bonchev–Trinajstić information content (AvgIpc) is 2.65. The van der Waals surface area contributed by atoms with Crippen molar-refractivity contribution in [2.24, 2.45) is 0 Å². The van der Waals surface area contributed by atoms with E-state index in [0.717, 1.165) is 6.07 Å². The molecule has 0 saturated carbocycles. The average molecular weight is 413 g/mol. The minimum Gasteiger partial charge on any atom is -0.492 e. The summed E-state index contributed by atoms with van der Waals surface area (Å²) in [6.45, 7) is 0.477. The molecule has 0 radical (unpaired) electrons. The van der Waals surface area contributed by atoms with Crippen LogP contribution in [0.25, 0.3) is 0 Å². The van der Waals surface area contributed by atoms with E-state index in [4.69, 9.17) is 4.74 Å². The van der Waals surface area contributed by atoms with Crippen molar-refractivity contribution in [1.82, 2.24) is 14.9 Å². The Labute approximate surface area is 164 Å². The van der Waals surface area contributed by atoms with Gasteiger partial charge in [0.2, 0.25) is 5.95 Å². The molecule has 0 saturated heterocycles. The van der Waals surface area contributed by atoms with Crippen molar-refractivity contribution in [2.45, 2.75) is 12.6 Å². The Balaban J connectivity index is 2.17. The van der Waals surface area contributed by atoms with Crippen molar-refractivity contribution >= 4 is 23.4 Å². The number of nitrogens with one attached hydrogen (secondary N) is 1. The van der Waals surface area contributed by atoms with Crippen LogP contribution in [0, 0.1) is 5.82 Å². The molecule has 2 aromatic rings. The summed E-state index contributed by atoms with van der Waals surface area (Å²) in [7, 11) is 4.25. The van der Waals surface area contributed by atoms with Gasteiger partial charge < -0.3 is 19.9 Å². The van der Waals surface area contributed by atoms with Crippen molar-refractivity contribution in [1.29, 1.82) is 0 Å². The molecule has 1 N–H and O–H groups in total. The van der Waals surface area contributed by atoms with Gasteiger partial charge in [-0.15, -0.1) is 0 Å². The molecule has 0 fully saturated rings. The number of ether oxygens (including phenoxy) is 1. The molecule has 1 aliphatic rings. The number of carbonyl (C=O) groups excluding carboxylic acids is 1. The van der Waals surface area contributed by atoms with E-state index >= 15 is 0 Å². The second-order valence-electron chi connectivity index (χ2n) is 6.59.